The first-order chi connectivity index (χ1) is 24.9. The molecule has 52 heavy (non-hydrogen) atoms. The molecule has 1 aromatic rings. The maximum atomic E-state index is 14.4. The molecule has 6 amide bonds. The number of ether oxygens (including phenoxy) is 2. The van der Waals surface area contributed by atoms with Gasteiger partial charge in [0.1, 0.15) is 29.5 Å². The third kappa shape index (κ3) is 7.61. The number of nitrogens with one attached hydrogen (secondary N) is 3. The molecule has 7 rings (SSSR count). The Labute approximate surface area is 301 Å². The van der Waals surface area contributed by atoms with E-state index < -0.39 is 80.6 Å². The highest BCUT2D eigenvalue weighted by Gasteiger charge is 2.62. The van der Waals surface area contributed by atoms with Crippen molar-refractivity contribution in [1.82, 2.24) is 30.1 Å². The number of hydrogen-bond donors (Lipinski definition) is 3. The summed E-state index contributed by atoms with van der Waals surface area (Å²) < 4.78 is 53.3. The van der Waals surface area contributed by atoms with Crippen LogP contribution in [0.2, 0.25) is 0 Å². The van der Waals surface area contributed by atoms with E-state index in [4.69, 9.17) is 9.47 Å². The largest absolute Gasteiger partial charge is 0.444 e. The quantitative estimate of drug-likeness (QED) is 0.378. The molecule has 1 aromatic carbocycles. The van der Waals surface area contributed by atoms with Crippen LogP contribution >= 0.6 is 0 Å². The molecule has 15 nitrogen and oxygen atoms in total. The van der Waals surface area contributed by atoms with Gasteiger partial charge < -0.3 is 29.9 Å². The molecule has 4 heterocycles. The molecular formula is C35H45FN6O9S. The van der Waals surface area contributed by atoms with Gasteiger partial charge in [0.25, 0.3) is 5.91 Å². The number of morpholine rings is 1. The summed E-state index contributed by atoms with van der Waals surface area (Å²) >= 11 is 0. The Kier molecular flexibility index (Phi) is 10.2. The van der Waals surface area contributed by atoms with Crippen LogP contribution in [0.25, 0.3) is 0 Å². The minimum absolute atomic E-state index is 0.00602. The smallest absolute Gasteiger partial charge is 0.410 e. The monoisotopic (exact) mass is 744 g/mol. The molecule has 0 unspecified atom stereocenters. The topological polar surface area (TPSA) is 184 Å². The molecule has 2 aliphatic carbocycles. The lowest BCUT2D eigenvalue weighted by Gasteiger charge is -2.32. The van der Waals surface area contributed by atoms with Crippen LogP contribution < -0.4 is 15.4 Å². The number of benzene rings is 1. The van der Waals surface area contributed by atoms with E-state index in [1.165, 1.54) is 15.9 Å². The number of rotatable bonds is 5. The SMILES string of the molecule is O=C1N[C@]2(C(=O)NS(=O)(=O)C3CC3)C[C@H]2C=CCCCCC[C@H](NC(=O)N2CCOCC2)C(=O)N2C[C@H](OC(=O)N3Cc4cccc(F)c4C3)C[C@@H]12. The summed E-state index contributed by atoms with van der Waals surface area (Å²) in [6.07, 6.45) is 6.15. The third-order valence-corrected chi connectivity index (χ3v) is 12.7. The summed E-state index contributed by atoms with van der Waals surface area (Å²) in [5.41, 5.74) is -0.494. The molecular weight excluding hydrogens is 699 g/mol. The first kappa shape index (κ1) is 36.1. The minimum Gasteiger partial charge on any atom is -0.444 e. The number of hydrogen-bond acceptors (Lipinski definition) is 9. The summed E-state index contributed by atoms with van der Waals surface area (Å²) in [6.45, 7) is 1.43. The fraction of sp³-hybridized carbons (Fsp3) is 0.629. The van der Waals surface area contributed by atoms with Crippen LogP contribution in [0.4, 0.5) is 14.0 Å². The summed E-state index contributed by atoms with van der Waals surface area (Å²) in [4.78, 5) is 73.1. The Morgan fingerprint density at radius 1 is 1.02 bits per heavy atom. The van der Waals surface area contributed by atoms with E-state index in [-0.39, 0.29) is 32.5 Å². The average molecular weight is 745 g/mol. The molecule has 0 bridgehead atoms. The number of halogens is 1. The lowest BCUT2D eigenvalue weighted by Crippen LogP contribution is -2.59. The molecule has 0 radical (unpaired) electrons. The lowest BCUT2D eigenvalue weighted by atomic mass is 10.0. The second-order valence-electron chi connectivity index (χ2n) is 14.6. The normalized spacial score (nSPS) is 29.5. The Balaban J connectivity index is 1.13. The van der Waals surface area contributed by atoms with Crippen molar-refractivity contribution in [3.63, 3.8) is 0 Å². The van der Waals surface area contributed by atoms with Gasteiger partial charge in [0, 0.05) is 37.5 Å². The maximum Gasteiger partial charge on any atom is 0.410 e. The highest BCUT2D eigenvalue weighted by atomic mass is 32.2. The van der Waals surface area contributed by atoms with Crippen molar-refractivity contribution >= 4 is 39.9 Å². The van der Waals surface area contributed by atoms with Gasteiger partial charge in [-0.2, -0.15) is 0 Å². The van der Waals surface area contributed by atoms with Crippen LogP contribution in [0, 0.1) is 11.7 Å². The van der Waals surface area contributed by atoms with E-state index in [1.54, 1.807) is 17.0 Å². The van der Waals surface area contributed by atoms with E-state index in [0.717, 1.165) is 12.8 Å². The van der Waals surface area contributed by atoms with Gasteiger partial charge in [-0.15, -0.1) is 0 Å². The van der Waals surface area contributed by atoms with Crippen LogP contribution in [0.5, 0.6) is 0 Å². The van der Waals surface area contributed by atoms with Gasteiger partial charge >= 0.3 is 12.1 Å². The van der Waals surface area contributed by atoms with Crippen molar-refractivity contribution in [1.29, 1.82) is 0 Å². The van der Waals surface area contributed by atoms with Gasteiger partial charge in [0.2, 0.25) is 21.8 Å². The first-order valence-electron chi connectivity index (χ1n) is 18.2. The van der Waals surface area contributed by atoms with Gasteiger partial charge in [-0.1, -0.05) is 37.1 Å². The number of carbonyl (C=O) groups excluding carboxylic acids is 5. The molecule has 2 saturated heterocycles. The molecule has 4 aliphatic heterocycles. The number of urea groups is 1. The number of fused-ring (bicyclic) bond motifs is 3. The Morgan fingerprint density at radius 2 is 1.81 bits per heavy atom. The average Bonchev–Trinajstić information content (AvgIpc) is 4.01. The molecule has 17 heteroatoms. The van der Waals surface area contributed by atoms with E-state index in [1.807, 2.05) is 12.2 Å². The number of sulfonamides is 1. The van der Waals surface area contributed by atoms with Gasteiger partial charge in [-0.25, -0.2) is 22.4 Å². The predicted molar refractivity (Wildman–Crippen MR) is 182 cm³/mol. The fourth-order valence-corrected chi connectivity index (χ4v) is 8.95. The van der Waals surface area contributed by atoms with Crippen molar-refractivity contribution in [2.45, 2.75) is 99.9 Å². The summed E-state index contributed by atoms with van der Waals surface area (Å²) in [5.74, 6) is -2.96. The van der Waals surface area contributed by atoms with Crippen molar-refractivity contribution < 1.29 is 46.3 Å². The van der Waals surface area contributed by atoms with Crippen LogP contribution in [-0.2, 0) is 47.0 Å². The van der Waals surface area contributed by atoms with Crippen molar-refractivity contribution in [3.8, 4) is 0 Å². The van der Waals surface area contributed by atoms with Crippen molar-refractivity contribution in [2.24, 2.45) is 5.92 Å². The highest BCUT2D eigenvalue weighted by molar-refractivity contribution is 7.91. The second-order valence-corrected chi connectivity index (χ2v) is 16.6. The molecule has 0 spiro atoms. The number of nitrogens with zero attached hydrogens (tertiary/aromatic N) is 3. The highest BCUT2D eigenvalue weighted by Crippen LogP contribution is 2.46. The van der Waals surface area contributed by atoms with Gasteiger partial charge in [-0.3, -0.25) is 24.0 Å². The molecule has 5 atom stereocenters. The van der Waals surface area contributed by atoms with Crippen LogP contribution in [0.3, 0.4) is 0 Å². The predicted octanol–water partition coefficient (Wildman–Crippen LogP) is 1.66. The Bertz CT molecular complexity index is 1750. The van der Waals surface area contributed by atoms with Gasteiger partial charge in [0.05, 0.1) is 31.6 Å². The third-order valence-electron chi connectivity index (χ3n) is 10.9. The van der Waals surface area contributed by atoms with Crippen LogP contribution in [-0.4, -0.2) is 115 Å². The Hall–Kier alpha value is -4.25. The molecule has 0 aromatic heterocycles. The van der Waals surface area contributed by atoms with Crippen molar-refractivity contribution in [3.05, 3.63) is 47.3 Å². The number of amides is 6. The zero-order valence-electron chi connectivity index (χ0n) is 28.9. The van der Waals surface area contributed by atoms with Gasteiger partial charge in [-0.05, 0) is 50.2 Å². The van der Waals surface area contributed by atoms with Crippen LogP contribution in [0.15, 0.2) is 30.4 Å². The zero-order valence-corrected chi connectivity index (χ0v) is 29.7. The zero-order chi connectivity index (χ0) is 36.6. The number of allylic oxidation sites excluding steroid dienone is 1. The van der Waals surface area contributed by atoms with E-state index in [2.05, 4.69) is 15.4 Å². The number of carbonyl (C=O) groups is 5. The van der Waals surface area contributed by atoms with E-state index >= 15 is 0 Å². The maximum absolute atomic E-state index is 14.4. The second kappa shape index (κ2) is 14.6. The summed E-state index contributed by atoms with van der Waals surface area (Å²) in [7, 11) is -3.92. The minimum atomic E-state index is -3.92. The lowest BCUT2D eigenvalue weighted by molar-refractivity contribution is -0.141. The Morgan fingerprint density at radius 3 is 2.56 bits per heavy atom. The molecule has 282 valence electrons. The fourth-order valence-electron chi connectivity index (χ4n) is 7.58. The van der Waals surface area contributed by atoms with E-state index in [0.29, 0.717) is 69.5 Å². The summed E-state index contributed by atoms with van der Waals surface area (Å²) in [5, 5.41) is 5.02. The van der Waals surface area contributed by atoms with E-state index in [9.17, 15) is 36.8 Å². The molecule has 4 fully saturated rings. The van der Waals surface area contributed by atoms with Gasteiger partial charge in [0.15, 0.2) is 0 Å². The molecule has 6 aliphatic rings. The van der Waals surface area contributed by atoms with Crippen molar-refractivity contribution in [2.75, 3.05) is 32.8 Å². The first-order valence-corrected chi connectivity index (χ1v) is 19.7. The standard InChI is InChI=1S/C35H45FN6O9S/c36-27-9-6-7-22-19-41(21-26(22)27)34(47)51-24-17-29-30(43)38-35(32(45)39-52(48,49)25-11-12-25)18-23(35)8-4-2-1-3-5-10-28(31(44)42(29)20-24)37-33(46)40-13-15-50-16-14-40/h4,6-9,23-25,28-29H,1-3,5,10-21H2,(H,37,46)(H,38,43)(H,39,45)/t23-,24-,28+,29+,35-/m1/s1. The summed E-state index contributed by atoms with van der Waals surface area (Å²) in [6, 6.07) is 1.99. The molecule has 2 saturated carbocycles. The van der Waals surface area contributed by atoms with Crippen LogP contribution in [0.1, 0.15) is 68.9 Å². The molecule has 3 N–H and O–H groups in total.